The zero-order chi connectivity index (χ0) is 24.9. The van der Waals surface area contributed by atoms with Crippen LogP contribution in [-0.4, -0.2) is 51.0 Å². The number of nitrogens with zero attached hydrogens (tertiary/aromatic N) is 2. The summed E-state index contributed by atoms with van der Waals surface area (Å²) in [6.45, 7) is 5.05. The van der Waals surface area contributed by atoms with E-state index < -0.39 is 28.5 Å². The lowest BCUT2D eigenvalue weighted by molar-refractivity contribution is -0.140. The first-order valence-corrected chi connectivity index (χ1v) is 13.0. The minimum absolute atomic E-state index is 0.0191. The summed E-state index contributed by atoms with van der Waals surface area (Å²) >= 11 is 12.3. The molecule has 33 heavy (non-hydrogen) atoms. The van der Waals surface area contributed by atoms with E-state index in [0.29, 0.717) is 27.7 Å². The molecule has 2 aromatic rings. The van der Waals surface area contributed by atoms with Gasteiger partial charge < -0.3 is 10.2 Å². The summed E-state index contributed by atoms with van der Waals surface area (Å²) in [4.78, 5) is 27.4. The van der Waals surface area contributed by atoms with Gasteiger partial charge in [-0.15, -0.1) is 0 Å². The molecule has 0 aliphatic heterocycles. The maximum atomic E-state index is 13.5. The number of sulfonamides is 1. The van der Waals surface area contributed by atoms with Gasteiger partial charge in [-0.25, -0.2) is 8.42 Å². The summed E-state index contributed by atoms with van der Waals surface area (Å²) < 4.78 is 26.3. The first-order chi connectivity index (χ1) is 15.4. The number of nitrogens with one attached hydrogen (secondary N) is 1. The molecule has 0 heterocycles. The highest BCUT2D eigenvalue weighted by Crippen LogP contribution is 2.25. The van der Waals surface area contributed by atoms with Crippen LogP contribution >= 0.6 is 23.2 Å². The van der Waals surface area contributed by atoms with Crippen molar-refractivity contribution in [3.8, 4) is 0 Å². The van der Waals surface area contributed by atoms with Crippen molar-refractivity contribution in [2.75, 3.05) is 24.2 Å². The fourth-order valence-corrected chi connectivity index (χ4v) is 4.93. The molecule has 0 saturated heterocycles. The first-order valence-electron chi connectivity index (χ1n) is 10.4. The van der Waals surface area contributed by atoms with Gasteiger partial charge >= 0.3 is 0 Å². The number of hydrogen-bond acceptors (Lipinski definition) is 4. The van der Waals surface area contributed by atoms with Crippen LogP contribution in [0.5, 0.6) is 0 Å². The maximum absolute atomic E-state index is 13.5. The Bertz CT molecular complexity index is 1120. The van der Waals surface area contributed by atoms with E-state index in [9.17, 15) is 18.0 Å². The average Bonchev–Trinajstić information content (AvgIpc) is 2.71. The second-order valence-corrected chi connectivity index (χ2v) is 10.7. The molecule has 1 atom stereocenters. The van der Waals surface area contributed by atoms with Gasteiger partial charge in [0.15, 0.2) is 0 Å². The Hall–Kier alpha value is -2.29. The number of rotatable bonds is 9. The van der Waals surface area contributed by atoms with Gasteiger partial charge in [-0.3, -0.25) is 13.9 Å². The number of carbonyl (C=O) groups is 2. The minimum Gasteiger partial charge on any atom is -0.357 e. The van der Waals surface area contributed by atoms with E-state index in [-0.39, 0.29) is 12.5 Å². The smallest absolute Gasteiger partial charge is 0.244 e. The molecular weight excluding hydrogens is 485 g/mol. The SMILES string of the molecule is CCC(C(=O)NC)N(Cc1ccc(Cl)cc1Cl)C(=O)CN(c1cc(C)cc(C)c1)S(C)(=O)=O. The van der Waals surface area contributed by atoms with Crippen LogP contribution in [0.25, 0.3) is 0 Å². The highest BCUT2D eigenvalue weighted by molar-refractivity contribution is 7.92. The molecule has 0 fully saturated rings. The summed E-state index contributed by atoms with van der Waals surface area (Å²) in [6.07, 6.45) is 1.38. The van der Waals surface area contributed by atoms with Gasteiger partial charge in [-0.05, 0) is 61.2 Å². The molecule has 2 aromatic carbocycles. The topological polar surface area (TPSA) is 86.8 Å². The van der Waals surface area contributed by atoms with Crippen molar-refractivity contribution in [2.45, 2.75) is 39.8 Å². The summed E-state index contributed by atoms with van der Waals surface area (Å²) in [7, 11) is -2.30. The molecule has 0 aromatic heterocycles. The van der Waals surface area contributed by atoms with Crippen LogP contribution in [0.1, 0.15) is 30.0 Å². The van der Waals surface area contributed by atoms with E-state index in [1.165, 1.54) is 11.9 Å². The Balaban J connectivity index is 2.49. The Morgan fingerprint density at radius 3 is 2.15 bits per heavy atom. The van der Waals surface area contributed by atoms with Crippen molar-refractivity contribution < 1.29 is 18.0 Å². The summed E-state index contributed by atoms with van der Waals surface area (Å²) in [5.74, 6) is -0.880. The lowest BCUT2D eigenvalue weighted by Crippen LogP contribution is -2.51. The van der Waals surface area contributed by atoms with E-state index in [1.54, 1.807) is 37.3 Å². The van der Waals surface area contributed by atoms with Crippen LogP contribution < -0.4 is 9.62 Å². The number of benzene rings is 2. The molecule has 0 aliphatic carbocycles. The fraction of sp³-hybridized carbons (Fsp3) is 0.391. The molecule has 1 unspecified atom stereocenters. The van der Waals surface area contributed by atoms with Crippen molar-refractivity contribution in [1.82, 2.24) is 10.2 Å². The van der Waals surface area contributed by atoms with E-state index in [4.69, 9.17) is 23.2 Å². The lowest BCUT2D eigenvalue weighted by atomic mass is 10.1. The number of anilines is 1. The van der Waals surface area contributed by atoms with Crippen LogP contribution in [0.2, 0.25) is 10.0 Å². The summed E-state index contributed by atoms with van der Waals surface area (Å²) in [5, 5.41) is 3.36. The quantitative estimate of drug-likeness (QED) is 0.550. The van der Waals surface area contributed by atoms with Crippen LogP contribution in [-0.2, 0) is 26.2 Å². The van der Waals surface area contributed by atoms with Crippen molar-refractivity contribution in [3.05, 3.63) is 63.1 Å². The molecular formula is C23H29Cl2N3O4S. The number of hydrogen-bond donors (Lipinski definition) is 1. The van der Waals surface area contributed by atoms with E-state index in [1.807, 2.05) is 19.9 Å². The lowest BCUT2D eigenvalue weighted by Gasteiger charge is -2.33. The second-order valence-electron chi connectivity index (χ2n) is 7.91. The maximum Gasteiger partial charge on any atom is 0.244 e. The van der Waals surface area contributed by atoms with E-state index in [2.05, 4.69) is 5.32 Å². The zero-order valence-electron chi connectivity index (χ0n) is 19.4. The number of aryl methyl sites for hydroxylation is 2. The Labute approximate surface area is 205 Å². The fourth-order valence-electron chi connectivity index (χ4n) is 3.63. The highest BCUT2D eigenvalue weighted by atomic mass is 35.5. The van der Waals surface area contributed by atoms with Gasteiger partial charge in [0.2, 0.25) is 21.8 Å². The number of carbonyl (C=O) groups excluding carboxylic acids is 2. The summed E-state index contributed by atoms with van der Waals surface area (Å²) in [5.41, 5.74) is 2.72. The van der Waals surface area contributed by atoms with Crippen molar-refractivity contribution in [1.29, 1.82) is 0 Å². The van der Waals surface area contributed by atoms with Gasteiger partial charge in [-0.1, -0.05) is 42.3 Å². The van der Waals surface area contributed by atoms with Crippen molar-refractivity contribution in [3.63, 3.8) is 0 Å². The van der Waals surface area contributed by atoms with Crippen LogP contribution in [0.3, 0.4) is 0 Å². The number of likely N-dealkylation sites (N-methyl/N-ethyl adjacent to an activating group) is 1. The normalized spacial score (nSPS) is 12.2. The molecule has 2 amide bonds. The Morgan fingerprint density at radius 2 is 1.67 bits per heavy atom. The van der Waals surface area contributed by atoms with Crippen molar-refractivity contribution >= 4 is 50.7 Å². The van der Waals surface area contributed by atoms with Crippen LogP contribution in [0, 0.1) is 13.8 Å². The zero-order valence-corrected chi connectivity index (χ0v) is 21.7. The second kappa shape index (κ2) is 11.2. The third-order valence-electron chi connectivity index (χ3n) is 5.16. The molecule has 0 saturated carbocycles. The van der Waals surface area contributed by atoms with E-state index >= 15 is 0 Å². The Morgan fingerprint density at radius 1 is 1.06 bits per heavy atom. The van der Waals surface area contributed by atoms with Gasteiger partial charge in [0.1, 0.15) is 12.6 Å². The Kier molecular flexibility index (Phi) is 9.17. The van der Waals surface area contributed by atoms with Gasteiger partial charge in [0, 0.05) is 23.6 Å². The standard InChI is InChI=1S/C23H29Cl2N3O4S/c1-6-21(23(30)26-4)27(13-17-7-8-18(24)12-20(17)25)22(29)14-28(33(5,31)32)19-10-15(2)9-16(3)11-19/h7-12,21H,6,13-14H2,1-5H3,(H,26,30). The van der Waals surface area contributed by atoms with Gasteiger partial charge in [-0.2, -0.15) is 0 Å². The largest absolute Gasteiger partial charge is 0.357 e. The minimum atomic E-state index is -3.78. The van der Waals surface area contributed by atoms with Crippen molar-refractivity contribution in [2.24, 2.45) is 0 Å². The van der Waals surface area contributed by atoms with Crippen LogP contribution in [0.4, 0.5) is 5.69 Å². The number of amides is 2. The predicted octanol–water partition coefficient (Wildman–Crippen LogP) is 3.93. The molecule has 0 radical (unpaired) electrons. The molecule has 7 nitrogen and oxygen atoms in total. The molecule has 1 N–H and O–H groups in total. The monoisotopic (exact) mass is 513 g/mol. The average molecular weight is 514 g/mol. The molecule has 2 rings (SSSR count). The molecule has 180 valence electrons. The highest BCUT2D eigenvalue weighted by Gasteiger charge is 2.31. The van der Waals surface area contributed by atoms with Crippen LogP contribution in [0.15, 0.2) is 36.4 Å². The van der Waals surface area contributed by atoms with E-state index in [0.717, 1.165) is 21.7 Å². The number of halogens is 2. The first kappa shape index (κ1) is 27.0. The molecule has 10 heteroatoms. The third-order valence-corrected chi connectivity index (χ3v) is 6.89. The molecule has 0 aliphatic rings. The summed E-state index contributed by atoms with van der Waals surface area (Å²) in [6, 6.07) is 9.40. The molecule has 0 bridgehead atoms. The van der Waals surface area contributed by atoms with Gasteiger partial charge in [0.05, 0.1) is 11.9 Å². The van der Waals surface area contributed by atoms with Gasteiger partial charge in [0.25, 0.3) is 0 Å². The predicted molar refractivity (Wildman–Crippen MR) is 133 cm³/mol. The molecule has 0 spiro atoms. The third kappa shape index (κ3) is 7.09.